The van der Waals surface area contributed by atoms with Crippen molar-refractivity contribution in [1.82, 2.24) is 45.1 Å². The number of hydrogen-bond acceptors (Lipinski definition) is 16. The third kappa shape index (κ3) is 13.1. The number of anilines is 2. The number of carboxylic acid groups (broad SMARTS) is 1. The van der Waals surface area contributed by atoms with E-state index in [0.29, 0.717) is 36.4 Å². The lowest BCUT2D eigenvalue weighted by atomic mass is 10.0. The minimum absolute atomic E-state index is 0.00141. The van der Waals surface area contributed by atoms with E-state index in [1.807, 2.05) is 52.0 Å². The fourth-order valence-corrected chi connectivity index (χ4v) is 7.20. The molecule has 6 rings (SSSR count). The first-order valence-electron chi connectivity index (χ1n) is 22.2. The Hall–Kier alpha value is -7.55. The number of fused-ring (bicyclic) bond motifs is 4. The molecule has 0 saturated carbocycles. The molecule has 0 aliphatic heterocycles. The van der Waals surface area contributed by atoms with Crippen LogP contribution in [0, 0.1) is 0 Å². The molecule has 0 aliphatic carbocycles. The van der Waals surface area contributed by atoms with Gasteiger partial charge in [-0.05, 0) is 84.7 Å². The summed E-state index contributed by atoms with van der Waals surface area (Å²) < 4.78 is 19.6. The molecular formula is C47H58N12O9. The van der Waals surface area contributed by atoms with Crippen molar-refractivity contribution < 1.29 is 38.5 Å². The number of nitrogens with zero attached hydrogens (tertiary/aromatic N) is 7. The molecule has 0 fully saturated rings. The van der Waals surface area contributed by atoms with Crippen LogP contribution in [0.3, 0.4) is 0 Å². The van der Waals surface area contributed by atoms with Gasteiger partial charge in [-0.15, -0.1) is 0 Å². The zero-order valence-electron chi connectivity index (χ0n) is 39.2. The number of H-pyrrole nitrogens is 1. The number of benzene rings is 2. The van der Waals surface area contributed by atoms with Gasteiger partial charge in [-0.2, -0.15) is 4.98 Å². The molecule has 1 atom stereocenters. The van der Waals surface area contributed by atoms with Gasteiger partial charge in [0.2, 0.25) is 11.9 Å². The molecule has 2 aromatic carbocycles. The number of unbranched alkanes of at least 4 members (excludes halogenated alkanes) is 1. The molecule has 0 aliphatic rings. The number of nitrogen functional groups attached to an aromatic ring is 2. The van der Waals surface area contributed by atoms with E-state index in [2.05, 4.69) is 52.0 Å². The quantitative estimate of drug-likeness (QED) is 0.0381. The second-order valence-electron chi connectivity index (χ2n) is 18.2. The van der Waals surface area contributed by atoms with E-state index in [9.17, 15) is 29.1 Å². The van der Waals surface area contributed by atoms with Crippen molar-refractivity contribution in [3.8, 4) is 0 Å². The molecule has 68 heavy (non-hydrogen) atoms. The molecule has 360 valence electrons. The average Bonchev–Trinajstić information content (AvgIpc) is 3.63. The molecule has 8 N–H and O–H groups in total. The largest absolute Gasteiger partial charge is 0.508 e. The Morgan fingerprint density at radius 2 is 1.69 bits per heavy atom. The fourth-order valence-electron chi connectivity index (χ4n) is 7.20. The summed E-state index contributed by atoms with van der Waals surface area (Å²) in [5.74, 6) is -1.32. The number of pyridine rings is 1. The molecule has 21 heteroatoms. The van der Waals surface area contributed by atoms with Crippen molar-refractivity contribution in [2.45, 2.75) is 116 Å². The number of hydrogen-bond donors (Lipinski definition) is 6. The van der Waals surface area contributed by atoms with Crippen LogP contribution < -0.4 is 27.7 Å². The van der Waals surface area contributed by atoms with Gasteiger partial charge in [0.1, 0.15) is 28.7 Å². The predicted molar refractivity (Wildman–Crippen MR) is 256 cm³/mol. The van der Waals surface area contributed by atoms with E-state index in [4.69, 9.17) is 30.7 Å². The van der Waals surface area contributed by atoms with Crippen molar-refractivity contribution in [2.24, 2.45) is 4.99 Å². The molecule has 4 heterocycles. The van der Waals surface area contributed by atoms with E-state index < -0.39 is 52.3 Å². The molecule has 2 amide bonds. The third-order valence-electron chi connectivity index (χ3n) is 10.8. The van der Waals surface area contributed by atoms with Crippen molar-refractivity contribution >= 4 is 80.7 Å². The van der Waals surface area contributed by atoms with E-state index in [1.165, 1.54) is 24.5 Å². The first kappa shape index (κ1) is 49.9. The van der Waals surface area contributed by atoms with Gasteiger partial charge >= 0.3 is 12.1 Å². The van der Waals surface area contributed by atoms with Crippen LogP contribution in [0.25, 0.3) is 33.1 Å². The monoisotopic (exact) mass is 934 g/mol. The van der Waals surface area contributed by atoms with Crippen molar-refractivity contribution in [3.63, 3.8) is 0 Å². The smallest absolute Gasteiger partial charge is 0.480 e. The van der Waals surface area contributed by atoms with Gasteiger partial charge in [-0.25, -0.2) is 29.5 Å². The minimum atomic E-state index is -1.35. The van der Waals surface area contributed by atoms with Gasteiger partial charge in [0.25, 0.3) is 11.5 Å². The number of carbonyl (C=O) groups excluding carboxylic acids is 3. The highest BCUT2D eigenvalue weighted by Crippen LogP contribution is 2.31. The zero-order valence-corrected chi connectivity index (χ0v) is 39.2. The summed E-state index contributed by atoms with van der Waals surface area (Å²) >= 11 is 0. The van der Waals surface area contributed by atoms with Crippen molar-refractivity contribution in [1.29, 1.82) is 0 Å². The third-order valence-corrected chi connectivity index (χ3v) is 10.8. The van der Waals surface area contributed by atoms with Crippen LogP contribution in [0.15, 0.2) is 64.5 Å². The highest BCUT2D eigenvalue weighted by molar-refractivity contribution is 6.06. The summed E-state index contributed by atoms with van der Waals surface area (Å²) in [5, 5.41) is 16.1. The first-order chi connectivity index (χ1) is 32.1. The summed E-state index contributed by atoms with van der Waals surface area (Å²) in [7, 11) is 0. The van der Waals surface area contributed by atoms with Gasteiger partial charge in [-0.1, -0.05) is 31.5 Å². The molecule has 1 unspecified atom stereocenters. The predicted octanol–water partition coefficient (Wildman–Crippen LogP) is 5.54. The van der Waals surface area contributed by atoms with E-state index >= 15 is 0 Å². The van der Waals surface area contributed by atoms with E-state index in [0.717, 1.165) is 35.1 Å². The number of amides is 2. The Morgan fingerprint density at radius 3 is 2.41 bits per heavy atom. The number of nitrogens with one attached hydrogen (secondary N) is 3. The van der Waals surface area contributed by atoms with Crippen LogP contribution in [0.1, 0.15) is 102 Å². The number of carbonyl (C=O) groups is 4. The number of nitrogens with two attached hydrogens (primary N) is 2. The normalized spacial score (nSPS) is 12.7. The van der Waals surface area contributed by atoms with Crippen molar-refractivity contribution in [2.75, 3.05) is 24.7 Å². The molecular weight excluding hydrogens is 877 g/mol. The molecule has 0 spiro atoms. The number of aliphatic imine (C=N–C) groups is 1. The van der Waals surface area contributed by atoms with Gasteiger partial charge < -0.3 is 46.0 Å². The lowest BCUT2D eigenvalue weighted by Gasteiger charge is -2.33. The molecule has 21 nitrogen and oxygen atoms in total. The summed E-state index contributed by atoms with van der Waals surface area (Å²) in [6.07, 6.45) is 4.45. The van der Waals surface area contributed by atoms with Crippen LogP contribution in [-0.4, -0.2) is 106 Å². The number of aryl methyl sites for hydroxylation is 1. The van der Waals surface area contributed by atoms with Gasteiger partial charge in [0, 0.05) is 30.2 Å². The highest BCUT2D eigenvalue weighted by Gasteiger charge is 2.31. The van der Waals surface area contributed by atoms with Crippen LogP contribution in [0.2, 0.25) is 0 Å². The molecule has 4 aromatic heterocycles. The SMILES string of the molecule is CCCCc1nc2c(N)nc3ccccc3c2n1CC(C)(C)OC(=O)OCCC(C)(C)OCC(C)(C)NC(=O)CCC(NC(=O)c1ccc(N=Cc2cnc3nc(N)[nH]c(=O)c3n2)cc1)C(=O)O. The molecule has 6 aromatic rings. The zero-order chi connectivity index (χ0) is 49.4. The van der Waals surface area contributed by atoms with Gasteiger partial charge in [-0.3, -0.25) is 24.4 Å². The Kier molecular flexibility index (Phi) is 15.4. The Bertz CT molecular complexity index is 2910. The van der Waals surface area contributed by atoms with Crippen LogP contribution in [0.4, 0.5) is 22.2 Å². The number of aromatic nitrogens is 7. The maximum absolute atomic E-state index is 13.0. The maximum Gasteiger partial charge on any atom is 0.508 e. The highest BCUT2D eigenvalue weighted by atomic mass is 16.7. The number of aromatic amines is 1. The van der Waals surface area contributed by atoms with E-state index in [1.54, 1.807) is 26.0 Å². The lowest BCUT2D eigenvalue weighted by Crippen LogP contribution is -2.49. The summed E-state index contributed by atoms with van der Waals surface area (Å²) in [5.41, 5.74) is 11.9. The standard InChI is InChI=1S/C47H58N12O9/c1-8-9-14-33-55-35-37(30-12-10-11-13-31(30)53-38(35)48)59(33)25-47(6,7)68-44(65)66-22-21-46(4,5)67-26-45(2,3)58-34(60)20-19-32(42(63)64)54-40(61)27-15-17-28(18-16-27)50-23-29-24-51-39-36(52-29)41(62)57-43(49)56-39/h10-13,15-18,23-24,32H,8-9,14,19-22,25-26H2,1-7H3,(H2,48,53)(H,54,61)(H,58,60)(H,63,64)(H3,49,51,56,57,62). The summed E-state index contributed by atoms with van der Waals surface area (Å²) in [4.78, 5) is 91.6. The second kappa shape index (κ2) is 21.0. The molecule has 0 bridgehead atoms. The number of ether oxygens (including phenoxy) is 3. The lowest BCUT2D eigenvalue weighted by molar-refractivity contribution is -0.139. The number of carboxylic acids is 1. The molecule has 0 radical (unpaired) electrons. The topological polar surface area (TPSA) is 307 Å². The number of imidazole rings is 1. The van der Waals surface area contributed by atoms with Gasteiger partial charge in [0.05, 0.1) is 60.0 Å². The first-order valence-corrected chi connectivity index (χ1v) is 22.2. The Labute approximate surface area is 391 Å². The van der Waals surface area contributed by atoms with Crippen molar-refractivity contribution in [3.05, 3.63) is 82.2 Å². The Balaban J connectivity index is 0.938. The number of rotatable bonds is 21. The Morgan fingerprint density at radius 1 is 0.956 bits per heavy atom. The fraction of sp³-hybridized carbons (Fsp3) is 0.426. The number of aliphatic carboxylic acids is 1. The summed E-state index contributed by atoms with van der Waals surface area (Å²) in [6, 6.07) is 12.4. The minimum Gasteiger partial charge on any atom is -0.480 e. The van der Waals surface area contributed by atoms with Crippen LogP contribution >= 0.6 is 0 Å². The van der Waals surface area contributed by atoms with Crippen LogP contribution in [-0.2, 0) is 36.8 Å². The van der Waals surface area contributed by atoms with E-state index in [-0.39, 0.29) is 54.4 Å². The molecule has 0 saturated heterocycles. The maximum atomic E-state index is 13.0. The van der Waals surface area contributed by atoms with Crippen LogP contribution in [0.5, 0.6) is 0 Å². The summed E-state index contributed by atoms with van der Waals surface area (Å²) in [6.45, 7) is 13.3. The second-order valence-corrected chi connectivity index (χ2v) is 18.2. The number of para-hydroxylation sites is 1. The van der Waals surface area contributed by atoms with Gasteiger partial charge in [0.15, 0.2) is 17.0 Å². The average molecular weight is 935 g/mol.